The van der Waals surface area contributed by atoms with E-state index in [1.54, 1.807) is 37.4 Å². The third-order valence-electron chi connectivity index (χ3n) is 3.21. The summed E-state index contributed by atoms with van der Waals surface area (Å²) >= 11 is 0. The van der Waals surface area contributed by atoms with Crippen molar-refractivity contribution < 1.29 is 9.31 Å². The molecule has 7 heteroatoms. The van der Waals surface area contributed by atoms with Crippen LogP contribution in [0.25, 0.3) is 0 Å². The summed E-state index contributed by atoms with van der Waals surface area (Å²) in [4.78, 5) is 14.4. The number of non-ortho nitro benzene ring substituents is 1. The number of hydrogen-bond acceptors (Lipinski definition) is 3. The third-order valence-corrected chi connectivity index (χ3v) is 3.21. The van der Waals surface area contributed by atoms with Crippen LogP contribution in [0.4, 0.5) is 10.1 Å². The molecule has 0 spiro atoms. The molecule has 2 aromatic rings. The van der Waals surface area contributed by atoms with Crippen LogP contribution in [0.5, 0.6) is 0 Å². The summed E-state index contributed by atoms with van der Waals surface area (Å²) < 4.78 is 13.6. The number of guanidine groups is 1. The molecule has 0 saturated heterocycles. The predicted octanol–water partition coefficient (Wildman–Crippen LogP) is 2.60. The molecule has 0 amide bonds. The first-order valence-corrected chi connectivity index (χ1v) is 7.01. The fraction of sp³-hybridized carbons (Fsp3) is 0.188. The van der Waals surface area contributed by atoms with Crippen LogP contribution in [0.2, 0.25) is 0 Å². The van der Waals surface area contributed by atoms with Gasteiger partial charge in [0.1, 0.15) is 5.82 Å². The number of halogens is 1. The molecule has 23 heavy (non-hydrogen) atoms. The highest BCUT2D eigenvalue weighted by atomic mass is 19.1. The Balaban J connectivity index is 1.92. The summed E-state index contributed by atoms with van der Waals surface area (Å²) in [5, 5.41) is 16.8. The minimum atomic E-state index is -0.436. The van der Waals surface area contributed by atoms with Crippen molar-refractivity contribution in [1.82, 2.24) is 10.6 Å². The molecule has 6 nitrogen and oxygen atoms in total. The Morgan fingerprint density at radius 2 is 1.91 bits per heavy atom. The van der Waals surface area contributed by atoms with Gasteiger partial charge >= 0.3 is 0 Å². The van der Waals surface area contributed by atoms with Gasteiger partial charge in [0.15, 0.2) is 5.96 Å². The predicted molar refractivity (Wildman–Crippen MR) is 86.5 cm³/mol. The maximum atomic E-state index is 13.6. The van der Waals surface area contributed by atoms with Crippen LogP contribution in [-0.2, 0) is 13.1 Å². The lowest BCUT2D eigenvalue weighted by Gasteiger charge is -2.12. The van der Waals surface area contributed by atoms with E-state index < -0.39 is 4.92 Å². The molecule has 0 aliphatic carbocycles. The first-order chi connectivity index (χ1) is 11.1. The maximum Gasteiger partial charge on any atom is 0.269 e. The van der Waals surface area contributed by atoms with E-state index >= 15 is 0 Å². The average Bonchev–Trinajstić information content (AvgIpc) is 2.56. The molecular formula is C16H17FN4O2. The van der Waals surface area contributed by atoms with Crippen LogP contribution in [0.3, 0.4) is 0 Å². The van der Waals surface area contributed by atoms with Gasteiger partial charge in [0.05, 0.1) is 4.92 Å². The second kappa shape index (κ2) is 7.88. The molecule has 2 N–H and O–H groups in total. The molecule has 0 aliphatic heterocycles. The molecule has 0 atom stereocenters. The molecule has 120 valence electrons. The van der Waals surface area contributed by atoms with Crippen molar-refractivity contribution in [3.63, 3.8) is 0 Å². The number of nitro benzene ring substituents is 1. The van der Waals surface area contributed by atoms with E-state index in [0.29, 0.717) is 24.6 Å². The maximum absolute atomic E-state index is 13.6. The van der Waals surface area contributed by atoms with Crippen molar-refractivity contribution in [3.05, 3.63) is 75.6 Å². The Morgan fingerprint density at radius 3 is 2.61 bits per heavy atom. The Kier molecular flexibility index (Phi) is 5.62. The van der Waals surface area contributed by atoms with Gasteiger partial charge in [0.25, 0.3) is 5.69 Å². The van der Waals surface area contributed by atoms with E-state index in [1.165, 1.54) is 18.2 Å². The minimum absolute atomic E-state index is 0.0404. The zero-order valence-electron chi connectivity index (χ0n) is 12.6. The molecule has 2 rings (SSSR count). The number of nitrogens with one attached hydrogen (secondary N) is 2. The van der Waals surface area contributed by atoms with E-state index in [1.807, 2.05) is 0 Å². The Hall–Kier alpha value is -2.96. The molecular weight excluding hydrogens is 299 g/mol. The number of aliphatic imine (C=N–C) groups is 1. The molecule has 0 heterocycles. The Bertz CT molecular complexity index is 719. The first-order valence-electron chi connectivity index (χ1n) is 7.01. The lowest BCUT2D eigenvalue weighted by atomic mass is 10.2. The minimum Gasteiger partial charge on any atom is -0.352 e. The highest BCUT2D eigenvalue weighted by Crippen LogP contribution is 2.12. The van der Waals surface area contributed by atoms with Gasteiger partial charge in [-0.2, -0.15) is 0 Å². The first kappa shape index (κ1) is 16.4. The van der Waals surface area contributed by atoms with Crippen molar-refractivity contribution in [2.75, 3.05) is 7.05 Å². The van der Waals surface area contributed by atoms with Gasteiger partial charge in [-0.05, 0) is 11.6 Å². The fourth-order valence-electron chi connectivity index (χ4n) is 2.01. The second-order valence-corrected chi connectivity index (χ2v) is 4.80. The van der Waals surface area contributed by atoms with E-state index in [-0.39, 0.29) is 11.5 Å². The van der Waals surface area contributed by atoms with E-state index in [4.69, 9.17) is 0 Å². The molecule has 0 unspecified atom stereocenters. The molecule has 2 aromatic carbocycles. The number of benzene rings is 2. The quantitative estimate of drug-likeness (QED) is 0.384. The molecule has 0 aliphatic rings. The van der Waals surface area contributed by atoms with Crippen LogP contribution in [0.1, 0.15) is 11.1 Å². The monoisotopic (exact) mass is 316 g/mol. The van der Waals surface area contributed by atoms with Crippen LogP contribution in [0, 0.1) is 15.9 Å². The molecule has 0 bridgehead atoms. The van der Waals surface area contributed by atoms with Crippen molar-refractivity contribution in [3.8, 4) is 0 Å². The van der Waals surface area contributed by atoms with E-state index in [0.717, 1.165) is 5.56 Å². The van der Waals surface area contributed by atoms with E-state index in [9.17, 15) is 14.5 Å². The van der Waals surface area contributed by atoms with Gasteiger partial charge in [-0.1, -0.05) is 30.3 Å². The van der Waals surface area contributed by atoms with Crippen LogP contribution in [0.15, 0.2) is 53.5 Å². The van der Waals surface area contributed by atoms with Gasteiger partial charge in [-0.3, -0.25) is 15.1 Å². The van der Waals surface area contributed by atoms with Gasteiger partial charge in [0.2, 0.25) is 0 Å². The smallest absolute Gasteiger partial charge is 0.269 e. The summed E-state index contributed by atoms with van der Waals surface area (Å²) in [6, 6.07) is 12.8. The van der Waals surface area contributed by atoms with Crippen molar-refractivity contribution in [2.24, 2.45) is 4.99 Å². The number of rotatable bonds is 5. The van der Waals surface area contributed by atoms with Crippen LogP contribution >= 0.6 is 0 Å². The summed E-state index contributed by atoms with van der Waals surface area (Å²) in [5.41, 5.74) is 1.33. The summed E-state index contributed by atoms with van der Waals surface area (Å²) in [5.74, 6) is 0.203. The standard InChI is InChI=1S/C16H17FN4O2/c1-18-16(20-11-13-6-2-3-8-15(13)17)19-10-12-5-4-7-14(9-12)21(22)23/h2-9H,10-11H2,1H3,(H2,18,19,20). The van der Waals surface area contributed by atoms with Gasteiger partial charge in [-0.25, -0.2) is 4.39 Å². The highest BCUT2D eigenvalue weighted by Gasteiger charge is 2.06. The Morgan fingerprint density at radius 1 is 1.17 bits per heavy atom. The number of nitrogens with zero attached hydrogens (tertiary/aromatic N) is 2. The highest BCUT2D eigenvalue weighted by molar-refractivity contribution is 5.79. The summed E-state index contributed by atoms with van der Waals surface area (Å²) in [6.07, 6.45) is 0. The van der Waals surface area contributed by atoms with Crippen LogP contribution in [-0.4, -0.2) is 17.9 Å². The van der Waals surface area contributed by atoms with Gasteiger partial charge < -0.3 is 10.6 Å². The lowest BCUT2D eigenvalue weighted by molar-refractivity contribution is -0.384. The van der Waals surface area contributed by atoms with Gasteiger partial charge in [0, 0.05) is 37.8 Å². The van der Waals surface area contributed by atoms with Gasteiger partial charge in [-0.15, -0.1) is 0 Å². The fourth-order valence-corrected chi connectivity index (χ4v) is 2.01. The largest absolute Gasteiger partial charge is 0.352 e. The van der Waals surface area contributed by atoms with Crippen molar-refractivity contribution in [2.45, 2.75) is 13.1 Å². The summed E-state index contributed by atoms with van der Waals surface area (Å²) in [7, 11) is 1.60. The topological polar surface area (TPSA) is 79.6 Å². The molecule has 0 fully saturated rings. The van der Waals surface area contributed by atoms with Crippen LogP contribution < -0.4 is 10.6 Å². The number of nitro groups is 1. The zero-order valence-corrected chi connectivity index (χ0v) is 12.6. The average molecular weight is 316 g/mol. The molecule has 0 aromatic heterocycles. The summed E-state index contributed by atoms with van der Waals surface area (Å²) in [6.45, 7) is 0.667. The normalized spacial score (nSPS) is 11.1. The zero-order chi connectivity index (χ0) is 16.7. The SMILES string of the molecule is CN=C(NCc1cccc([N+](=O)[O-])c1)NCc1ccccc1F. The third kappa shape index (κ3) is 4.77. The molecule has 0 radical (unpaired) electrons. The van der Waals surface area contributed by atoms with Crippen molar-refractivity contribution >= 4 is 11.6 Å². The number of hydrogen-bond donors (Lipinski definition) is 2. The second-order valence-electron chi connectivity index (χ2n) is 4.80. The molecule has 0 saturated carbocycles. The Labute approximate surface area is 133 Å². The van der Waals surface area contributed by atoms with Crippen molar-refractivity contribution in [1.29, 1.82) is 0 Å². The van der Waals surface area contributed by atoms with E-state index in [2.05, 4.69) is 15.6 Å². The lowest BCUT2D eigenvalue weighted by Crippen LogP contribution is -2.36.